The number of hydrogen-bond donors (Lipinski definition) is 1. The number of aliphatic hydroxyl groups is 1. The van der Waals surface area contributed by atoms with E-state index in [9.17, 15) is 5.11 Å². The maximum atomic E-state index is 9.76. The summed E-state index contributed by atoms with van der Waals surface area (Å²) >= 11 is 0. The molecule has 80 valence electrons. The zero-order chi connectivity index (χ0) is 9.26. The lowest BCUT2D eigenvalue weighted by atomic mass is 9.87. The third-order valence-corrected chi connectivity index (χ3v) is 3.05. The fourth-order valence-electron chi connectivity index (χ4n) is 2.40. The van der Waals surface area contributed by atoms with E-state index in [0.29, 0.717) is 11.7 Å². The molecule has 3 heteroatoms. The van der Waals surface area contributed by atoms with Crippen molar-refractivity contribution < 1.29 is 5.11 Å². The van der Waals surface area contributed by atoms with Gasteiger partial charge in [0.1, 0.15) is 5.76 Å². The zero-order valence-electron chi connectivity index (χ0n) is 8.57. The van der Waals surface area contributed by atoms with Crippen molar-refractivity contribution in [2.24, 2.45) is 5.92 Å². The van der Waals surface area contributed by atoms with Crippen LogP contribution in [0.25, 0.3) is 0 Å². The topological polar surface area (TPSA) is 23.5 Å². The summed E-state index contributed by atoms with van der Waals surface area (Å²) in [6, 6.07) is 0. The zero-order valence-corrected chi connectivity index (χ0v) is 9.39. The molecule has 0 radical (unpaired) electrons. The minimum Gasteiger partial charge on any atom is -0.506 e. The molecule has 1 N–H and O–H groups in total. The number of hydrogen-bond acceptors (Lipinski definition) is 2. The normalized spacial score (nSPS) is 25.8. The molecule has 0 bridgehead atoms. The molecule has 1 aliphatic carbocycles. The van der Waals surface area contributed by atoms with Crippen molar-refractivity contribution in [1.29, 1.82) is 0 Å². The van der Waals surface area contributed by atoms with Gasteiger partial charge in [-0.25, -0.2) is 0 Å². The van der Waals surface area contributed by atoms with Crippen LogP contribution in [-0.4, -0.2) is 23.1 Å². The number of rotatable bonds is 1. The SMILES string of the molecule is CCN1CCCC2CC=CC(O)=C21.Cl. The molecule has 1 unspecified atom stereocenters. The molecule has 2 rings (SSSR count). The predicted octanol–water partition coefficient (Wildman–Crippen LogP) is 2.87. The van der Waals surface area contributed by atoms with Gasteiger partial charge in [0.05, 0.1) is 5.70 Å². The number of likely N-dealkylation sites (tertiary alicyclic amines) is 1. The molecular weight excluding hydrogens is 198 g/mol. The minimum absolute atomic E-state index is 0. The largest absolute Gasteiger partial charge is 0.506 e. The molecular formula is C11H18ClNO. The van der Waals surface area contributed by atoms with Gasteiger partial charge in [-0.1, -0.05) is 6.08 Å². The maximum Gasteiger partial charge on any atom is 0.134 e. The van der Waals surface area contributed by atoms with Gasteiger partial charge in [-0.05, 0) is 32.3 Å². The van der Waals surface area contributed by atoms with Gasteiger partial charge in [0, 0.05) is 19.0 Å². The number of fused-ring (bicyclic) bond motifs is 1. The Labute approximate surface area is 91.7 Å². The Morgan fingerprint density at radius 3 is 3.07 bits per heavy atom. The van der Waals surface area contributed by atoms with Crippen LogP contribution >= 0.6 is 12.4 Å². The van der Waals surface area contributed by atoms with Crippen molar-refractivity contribution in [1.82, 2.24) is 4.90 Å². The van der Waals surface area contributed by atoms with Crippen LogP contribution in [0, 0.1) is 5.92 Å². The number of aliphatic hydroxyl groups excluding tert-OH is 1. The number of allylic oxidation sites excluding steroid dienone is 3. The van der Waals surface area contributed by atoms with Gasteiger partial charge in [-0.15, -0.1) is 12.4 Å². The van der Waals surface area contributed by atoms with Gasteiger partial charge in [-0.3, -0.25) is 0 Å². The summed E-state index contributed by atoms with van der Waals surface area (Å²) in [7, 11) is 0. The molecule has 14 heavy (non-hydrogen) atoms. The number of halogens is 1. The smallest absolute Gasteiger partial charge is 0.134 e. The molecule has 0 spiro atoms. The van der Waals surface area contributed by atoms with Crippen LogP contribution in [0.4, 0.5) is 0 Å². The first kappa shape index (κ1) is 11.4. The lowest BCUT2D eigenvalue weighted by Gasteiger charge is -2.37. The first-order valence-electron chi connectivity index (χ1n) is 5.17. The molecule has 2 aliphatic rings. The van der Waals surface area contributed by atoms with E-state index in [1.165, 1.54) is 18.5 Å². The van der Waals surface area contributed by atoms with Crippen LogP contribution in [0.15, 0.2) is 23.6 Å². The summed E-state index contributed by atoms with van der Waals surface area (Å²) in [4.78, 5) is 2.31. The minimum atomic E-state index is 0. The lowest BCUT2D eigenvalue weighted by Crippen LogP contribution is -2.34. The van der Waals surface area contributed by atoms with Crippen molar-refractivity contribution in [3.05, 3.63) is 23.6 Å². The van der Waals surface area contributed by atoms with E-state index < -0.39 is 0 Å². The van der Waals surface area contributed by atoms with E-state index in [0.717, 1.165) is 19.5 Å². The van der Waals surface area contributed by atoms with Crippen LogP contribution < -0.4 is 0 Å². The fraction of sp³-hybridized carbons (Fsp3) is 0.636. The molecule has 1 saturated heterocycles. The van der Waals surface area contributed by atoms with Crippen LogP contribution in [0.1, 0.15) is 26.2 Å². The molecule has 0 aromatic heterocycles. The van der Waals surface area contributed by atoms with Gasteiger partial charge in [0.2, 0.25) is 0 Å². The highest BCUT2D eigenvalue weighted by molar-refractivity contribution is 5.85. The maximum absolute atomic E-state index is 9.76. The Hall–Kier alpha value is -0.630. The molecule has 1 aliphatic heterocycles. The van der Waals surface area contributed by atoms with Crippen LogP contribution in [0.2, 0.25) is 0 Å². The van der Waals surface area contributed by atoms with Crippen molar-refractivity contribution in [2.75, 3.05) is 13.1 Å². The Balaban J connectivity index is 0.000000980. The van der Waals surface area contributed by atoms with E-state index >= 15 is 0 Å². The summed E-state index contributed by atoms with van der Waals surface area (Å²) in [6.07, 6.45) is 7.54. The van der Waals surface area contributed by atoms with Gasteiger partial charge >= 0.3 is 0 Å². The summed E-state index contributed by atoms with van der Waals surface area (Å²) in [5.41, 5.74) is 1.19. The highest BCUT2D eigenvalue weighted by Crippen LogP contribution is 2.34. The van der Waals surface area contributed by atoms with Gasteiger partial charge in [-0.2, -0.15) is 0 Å². The van der Waals surface area contributed by atoms with E-state index in [2.05, 4.69) is 17.9 Å². The lowest BCUT2D eigenvalue weighted by molar-refractivity contribution is 0.225. The van der Waals surface area contributed by atoms with Crippen molar-refractivity contribution in [2.45, 2.75) is 26.2 Å². The summed E-state index contributed by atoms with van der Waals surface area (Å²) < 4.78 is 0. The monoisotopic (exact) mass is 215 g/mol. The first-order valence-corrected chi connectivity index (χ1v) is 5.17. The van der Waals surface area contributed by atoms with Crippen LogP contribution in [-0.2, 0) is 0 Å². The quantitative estimate of drug-likeness (QED) is 0.727. The standard InChI is InChI=1S/C11H17NO.ClH/c1-2-12-8-4-6-9-5-3-7-10(13)11(9)12;/h3,7,9,13H,2,4-6,8H2,1H3;1H. The van der Waals surface area contributed by atoms with E-state index in [1.54, 1.807) is 0 Å². The fourth-order valence-corrected chi connectivity index (χ4v) is 2.40. The molecule has 1 heterocycles. The Bertz CT molecular complexity index is 260. The summed E-state index contributed by atoms with van der Waals surface area (Å²) in [6.45, 7) is 4.28. The molecule has 0 saturated carbocycles. The second-order valence-electron chi connectivity index (χ2n) is 3.83. The molecule has 1 fully saturated rings. The first-order chi connectivity index (χ1) is 6.33. The van der Waals surface area contributed by atoms with Gasteiger partial charge in [0.15, 0.2) is 0 Å². The van der Waals surface area contributed by atoms with Crippen LogP contribution in [0.3, 0.4) is 0 Å². The molecule has 0 amide bonds. The molecule has 0 aromatic rings. The van der Waals surface area contributed by atoms with E-state index in [4.69, 9.17) is 0 Å². The predicted molar refractivity (Wildman–Crippen MR) is 60.6 cm³/mol. The second-order valence-corrected chi connectivity index (χ2v) is 3.83. The van der Waals surface area contributed by atoms with E-state index in [1.807, 2.05) is 6.08 Å². The highest BCUT2D eigenvalue weighted by atomic mass is 35.5. The summed E-state index contributed by atoms with van der Waals surface area (Å²) in [5, 5.41) is 9.76. The Kier molecular flexibility index (Phi) is 3.87. The summed E-state index contributed by atoms with van der Waals surface area (Å²) in [5.74, 6) is 1.08. The highest BCUT2D eigenvalue weighted by Gasteiger charge is 2.27. The van der Waals surface area contributed by atoms with Crippen LogP contribution in [0.5, 0.6) is 0 Å². The third kappa shape index (κ3) is 1.90. The van der Waals surface area contributed by atoms with Crippen molar-refractivity contribution in [3.8, 4) is 0 Å². The van der Waals surface area contributed by atoms with Crippen molar-refractivity contribution >= 4 is 12.4 Å². The second kappa shape index (κ2) is 4.74. The van der Waals surface area contributed by atoms with Gasteiger partial charge in [0.25, 0.3) is 0 Å². The van der Waals surface area contributed by atoms with Crippen molar-refractivity contribution in [3.63, 3.8) is 0 Å². The number of piperidine rings is 1. The third-order valence-electron chi connectivity index (χ3n) is 3.05. The Morgan fingerprint density at radius 2 is 2.36 bits per heavy atom. The molecule has 1 atom stereocenters. The molecule has 0 aromatic carbocycles. The average molecular weight is 216 g/mol. The molecule has 2 nitrogen and oxygen atoms in total. The Morgan fingerprint density at radius 1 is 1.57 bits per heavy atom. The van der Waals surface area contributed by atoms with E-state index in [-0.39, 0.29) is 12.4 Å². The average Bonchev–Trinajstić information content (AvgIpc) is 2.17. The number of nitrogens with zero attached hydrogens (tertiary/aromatic N) is 1. The van der Waals surface area contributed by atoms with Gasteiger partial charge < -0.3 is 10.0 Å².